The average Bonchev–Trinajstić information content (AvgIpc) is 3.31. The van der Waals surface area contributed by atoms with Crippen molar-refractivity contribution in [2.75, 3.05) is 6.79 Å². The lowest BCUT2D eigenvalue weighted by molar-refractivity contribution is 0.174. The normalized spacial score (nSPS) is 17.1. The van der Waals surface area contributed by atoms with Crippen LogP contribution in [0.3, 0.4) is 0 Å². The van der Waals surface area contributed by atoms with Gasteiger partial charge in [-0.1, -0.05) is 24.3 Å². The summed E-state index contributed by atoms with van der Waals surface area (Å²) in [6, 6.07) is 17.5. The fraction of sp³-hybridized carbons (Fsp3) is 0.143. The number of fused-ring (bicyclic) bond motifs is 2. The van der Waals surface area contributed by atoms with Crippen molar-refractivity contribution in [1.29, 1.82) is 5.26 Å². The molecule has 0 spiro atoms. The molecule has 7 nitrogen and oxygen atoms in total. The van der Waals surface area contributed by atoms with Gasteiger partial charge in [-0.2, -0.15) is 10.4 Å². The molecule has 0 radical (unpaired) electrons. The third-order valence-corrected chi connectivity index (χ3v) is 4.96. The number of hydrogen-bond donors (Lipinski definition) is 1. The summed E-state index contributed by atoms with van der Waals surface area (Å²) in [5, 5.41) is 14.4. The summed E-state index contributed by atoms with van der Waals surface area (Å²) in [6.45, 7) is 2.09. The van der Waals surface area contributed by atoms with Gasteiger partial charge in [0.2, 0.25) is 18.6 Å². The minimum atomic E-state index is -0.402. The van der Waals surface area contributed by atoms with Crippen molar-refractivity contribution in [2.24, 2.45) is 5.73 Å². The van der Waals surface area contributed by atoms with Crippen LogP contribution in [0.15, 0.2) is 60.0 Å². The number of ether oxygens (including phenoxy) is 3. The predicted molar refractivity (Wildman–Crippen MR) is 100 cm³/mol. The molecule has 3 heterocycles. The monoisotopic (exact) mass is 372 g/mol. The summed E-state index contributed by atoms with van der Waals surface area (Å²) in [4.78, 5) is 0. The molecule has 7 heteroatoms. The van der Waals surface area contributed by atoms with Gasteiger partial charge in [-0.25, -0.2) is 4.68 Å². The molecule has 2 aliphatic heterocycles. The Hall–Kier alpha value is -3.92. The van der Waals surface area contributed by atoms with Gasteiger partial charge in [0.15, 0.2) is 11.5 Å². The molecule has 138 valence electrons. The van der Waals surface area contributed by atoms with Crippen molar-refractivity contribution in [3.8, 4) is 29.1 Å². The van der Waals surface area contributed by atoms with Gasteiger partial charge in [0.25, 0.3) is 0 Å². The topological polar surface area (TPSA) is 95.3 Å². The van der Waals surface area contributed by atoms with E-state index in [1.807, 2.05) is 55.5 Å². The highest BCUT2D eigenvalue weighted by Gasteiger charge is 2.36. The zero-order chi connectivity index (χ0) is 19.3. The first-order valence-electron chi connectivity index (χ1n) is 8.79. The molecule has 0 unspecified atom stereocenters. The van der Waals surface area contributed by atoms with E-state index in [9.17, 15) is 5.26 Å². The first kappa shape index (κ1) is 16.3. The minimum Gasteiger partial charge on any atom is -0.454 e. The highest BCUT2D eigenvalue weighted by molar-refractivity contribution is 5.59. The molecule has 28 heavy (non-hydrogen) atoms. The van der Waals surface area contributed by atoms with Gasteiger partial charge in [-0.3, -0.25) is 0 Å². The highest BCUT2D eigenvalue weighted by Crippen LogP contribution is 2.46. The lowest BCUT2D eigenvalue weighted by Crippen LogP contribution is -2.22. The second kappa shape index (κ2) is 6.06. The van der Waals surface area contributed by atoms with E-state index in [1.54, 1.807) is 4.68 Å². The van der Waals surface area contributed by atoms with Crippen LogP contribution in [0.2, 0.25) is 0 Å². The molecule has 0 saturated carbocycles. The minimum absolute atomic E-state index is 0.0785. The van der Waals surface area contributed by atoms with Crippen LogP contribution in [-0.4, -0.2) is 16.6 Å². The largest absolute Gasteiger partial charge is 0.454 e. The number of nitrogens with zero attached hydrogens (tertiary/aromatic N) is 3. The van der Waals surface area contributed by atoms with Crippen molar-refractivity contribution in [1.82, 2.24) is 9.78 Å². The average molecular weight is 372 g/mol. The van der Waals surface area contributed by atoms with Crippen LogP contribution in [0, 0.1) is 18.3 Å². The molecule has 5 rings (SSSR count). The Morgan fingerprint density at radius 1 is 1.14 bits per heavy atom. The fourth-order valence-corrected chi connectivity index (χ4v) is 3.68. The lowest BCUT2D eigenvalue weighted by atomic mass is 9.84. The number of rotatable bonds is 2. The van der Waals surface area contributed by atoms with Crippen LogP contribution in [0.5, 0.6) is 17.4 Å². The van der Waals surface area contributed by atoms with Gasteiger partial charge in [-0.05, 0) is 36.8 Å². The van der Waals surface area contributed by atoms with Crippen LogP contribution in [0.25, 0.3) is 5.69 Å². The van der Waals surface area contributed by atoms with Crippen molar-refractivity contribution in [2.45, 2.75) is 12.8 Å². The molecule has 0 fully saturated rings. The van der Waals surface area contributed by atoms with Gasteiger partial charge in [-0.15, -0.1) is 0 Å². The number of para-hydroxylation sites is 1. The Balaban J connectivity index is 1.72. The Morgan fingerprint density at radius 3 is 2.71 bits per heavy atom. The van der Waals surface area contributed by atoms with Crippen LogP contribution >= 0.6 is 0 Å². The molecule has 0 bridgehead atoms. The molecule has 2 aliphatic rings. The Bertz CT molecular complexity index is 1160. The summed E-state index contributed by atoms with van der Waals surface area (Å²) < 4.78 is 18.5. The van der Waals surface area contributed by atoms with Gasteiger partial charge in [0.05, 0.1) is 22.9 Å². The second-order valence-electron chi connectivity index (χ2n) is 6.59. The molecule has 2 N–H and O–H groups in total. The number of aryl methyl sites for hydroxylation is 1. The van der Waals surface area contributed by atoms with E-state index in [0.29, 0.717) is 23.0 Å². The number of hydrogen-bond acceptors (Lipinski definition) is 6. The summed E-state index contributed by atoms with van der Waals surface area (Å²) in [5.41, 5.74) is 9.78. The van der Waals surface area contributed by atoms with Crippen molar-refractivity contribution < 1.29 is 14.2 Å². The van der Waals surface area contributed by atoms with Gasteiger partial charge >= 0.3 is 0 Å². The lowest BCUT2D eigenvalue weighted by Gasteiger charge is -2.25. The second-order valence-corrected chi connectivity index (χ2v) is 6.59. The smallest absolute Gasteiger partial charge is 0.231 e. The number of nitrogens with two attached hydrogens (primary N) is 1. The number of allylic oxidation sites excluding steroid dienone is 1. The van der Waals surface area contributed by atoms with Gasteiger partial charge in [0.1, 0.15) is 11.6 Å². The molecule has 0 amide bonds. The summed E-state index contributed by atoms with van der Waals surface area (Å²) in [6.07, 6.45) is 0. The molecular weight excluding hydrogens is 356 g/mol. The molecule has 3 aromatic rings. The van der Waals surface area contributed by atoms with Crippen molar-refractivity contribution >= 4 is 0 Å². The predicted octanol–water partition coefficient (Wildman–Crippen LogP) is 3.13. The maximum atomic E-state index is 9.78. The van der Waals surface area contributed by atoms with Crippen LogP contribution in [0.1, 0.15) is 22.7 Å². The third kappa shape index (κ3) is 2.32. The first-order chi connectivity index (χ1) is 13.7. The fourth-order valence-electron chi connectivity index (χ4n) is 3.68. The van der Waals surface area contributed by atoms with Crippen molar-refractivity contribution in [3.05, 3.63) is 76.8 Å². The quantitative estimate of drug-likeness (QED) is 0.743. The standard InChI is InChI=1S/C21H16N4O3/c1-12-18-19(13-7-8-16-17(9-13)27-11-26-16)15(10-22)20(23)28-21(18)25(24-12)14-5-3-2-4-6-14/h2-9,19H,11,23H2,1H3/t19-/m0/s1. The van der Waals surface area contributed by atoms with E-state index >= 15 is 0 Å². The Kier molecular flexibility index (Phi) is 3.52. The third-order valence-electron chi connectivity index (χ3n) is 4.96. The van der Waals surface area contributed by atoms with Gasteiger partial charge < -0.3 is 19.9 Å². The first-order valence-corrected chi connectivity index (χ1v) is 8.79. The number of nitriles is 1. The van der Waals surface area contributed by atoms with Crippen LogP contribution in [0.4, 0.5) is 0 Å². The summed E-state index contributed by atoms with van der Waals surface area (Å²) in [5.74, 6) is 1.52. The van der Waals surface area contributed by atoms with E-state index in [4.69, 9.17) is 19.9 Å². The zero-order valence-corrected chi connectivity index (χ0v) is 15.0. The Morgan fingerprint density at radius 2 is 1.93 bits per heavy atom. The number of aromatic nitrogens is 2. The number of benzene rings is 2. The maximum absolute atomic E-state index is 9.78. The SMILES string of the molecule is Cc1nn(-c2ccccc2)c2c1[C@@H](c1ccc3c(c1)OCO3)C(C#N)=C(N)O2. The van der Waals surface area contributed by atoms with Crippen LogP contribution < -0.4 is 19.9 Å². The Labute approximate surface area is 161 Å². The molecule has 1 aromatic heterocycles. The molecule has 1 atom stereocenters. The molecule has 0 aliphatic carbocycles. The summed E-state index contributed by atoms with van der Waals surface area (Å²) in [7, 11) is 0. The maximum Gasteiger partial charge on any atom is 0.231 e. The van der Waals surface area contributed by atoms with E-state index in [0.717, 1.165) is 22.5 Å². The van der Waals surface area contributed by atoms with Crippen LogP contribution in [-0.2, 0) is 0 Å². The molecular formula is C21H16N4O3. The molecule has 0 saturated heterocycles. The van der Waals surface area contributed by atoms with E-state index in [1.165, 1.54) is 0 Å². The van der Waals surface area contributed by atoms with E-state index in [-0.39, 0.29) is 12.7 Å². The summed E-state index contributed by atoms with van der Waals surface area (Å²) >= 11 is 0. The zero-order valence-electron chi connectivity index (χ0n) is 15.0. The molecule has 2 aromatic carbocycles. The van der Waals surface area contributed by atoms with Crippen molar-refractivity contribution in [3.63, 3.8) is 0 Å². The highest BCUT2D eigenvalue weighted by atomic mass is 16.7. The van der Waals surface area contributed by atoms with E-state index < -0.39 is 5.92 Å². The van der Waals surface area contributed by atoms with E-state index in [2.05, 4.69) is 11.2 Å². The van der Waals surface area contributed by atoms with Gasteiger partial charge in [0, 0.05) is 0 Å².